The number of nitrogens with two attached hydrogens (primary N) is 1. The minimum absolute atomic E-state index is 0.257. The summed E-state index contributed by atoms with van der Waals surface area (Å²) < 4.78 is 26.5. The lowest BCUT2D eigenvalue weighted by molar-refractivity contribution is -0.386. The first-order chi connectivity index (χ1) is 8.97. The van der Waals surface area contributed by atoms with E-state index in [9.17, 15) is 18.9 Å². The van der Waals surface area contributed by atoms with Gasteiger partial charge in [0.05, 0.1) is 4.92 Å². The zero-order valence-corrected chi connectivity index (χ0v) is 9.56. The van der Waals surface area contributed by atoms with Crippen LogP contribution in [0.15, 0.2) is 36.4 Å². The second-order valence-corrected chi connectivity index (χ2v) is 3.79. The van der Waals surface area contributed by atoms with Gasteiger partial charge in [0.2, 0.25) is 5.82 Å². The first-order valence-electron chi connectivity index (χ1n) is 5.23. The van der Waals surface area contributed by atoms with Crippen molar-refractivity contribution < 1.29 is 13.7 Å². The Bertz CT molecular complexity index is 630. The van der Waals surface area contributed by atoms with Gasteiger partial charge in [-0.05, 0) is 24.3 Å². The molecule has 0 aliphatic rings. The molecule has 7 heteroatoms. The number of nitrogens with zero attached hydrogens (tertiary/aromatic N) is 1. The van der Waals surface area contributed by atoms with Gasteiger partial charge in [-0.1, -0.05) is 0 Å². The maximum atomic E-state index is 13.4. The van der Waals surface area contributed by atoms with Crippen LogP contribution in [0.5, 0.6) is 0 Å². The largest absolute Gasteiger partial charge is 0.399 e. The van der Waals surface area contributed by atoms with Crippen LogP contribution in [0.3, 0.4) is 0 Å². The number of nitro groups is 1. The maximum Gasteiger partial charge on any atom is 0.328 e. The molecule has 2 rings (SSSR count). The summed E-state index contributed by atoms with van der Waals surface area (Å²) in [6.07, 6.45) is 0. The molecule has 0 heterocycles. The van der Waals surface area contributed by atoms with Gasteiger partial charge in [-0.25, -0.2) is 4.39 Å². The Kier molecular flexibility index (Phi) is 3.28. The number of rotatable bonds is 3. The van der Waals surface area contributed by atoms with Crippen molar-refractivity contribution in [3.63, 3.8) is 0 Å². The fraction of sp³-hybridized carbons (Fsp3) is 0. The monoisotopic (exact) mass is 265 g/mol. The Hall–Kier alpha value is -2.70. The number of halogens is 2. The molecule has 0 bridgehead atoms. The van der Waals surface area contributed by atoms with Gasteiger partial charge < -0.3 is 11.1 Å². The van der Waals surface area contributed by atoms with E-state index in [4.69, 9.17) is 5.73 Å². The van der Waals surface area contributed by atoms with Crippen LogP contribution in [0.25, 0.3) is 0 Å². The van der Waals surface area contributed by atoms with Gasteiger partial charge in [0.25, 0.3) is 0 Å². The lowest BCUT2D eigenvalue weighted by Crippen LogP contribution is -2.01. The van der Waals surface area contributed by atoms with Gasteiger partial charge in [-0.2, -0.15) is 4.39 Å². The molecule has 3 N–H and O–H groups in total. The van der Waals surface area contributed by atoms with Gasteiger partial charge in [-0.15, -0.1) is 0 Å². The molecule has 98 valence electrons. The number of nitrogen functional groups attached to an aromatic ring is 1. The predicted molar refractivity (Wildman–Crippen MR) is 67.1 cm³/mol. The van der Waals surface area contributed by atoms with Crippen LogP contribution in [0.2, 0.25) is 0 Å². The van der Waals surface area contributed by atoms with Crippen LogP contribution < -0.4 is 11.1 Å². The highest BCUT2D eigenvalue weighted by atomic mass is 19.1. The number of benzene rings is 2. The van der Waals surface area contributed by atoms with E-state index in [0.29, 0.717) is 17.4 Å². The first-order valence-corrected chi connectivity index (χ1v) is 5.23. The van der Waals surface area contributed by atoms with Gasteiger partial charge in [0, 0.05) is 23.5 Å². The van der Waals surface area contributed by atoms with Gasteiger partial charge in [0.1, 0.15) is 11.5 Å². The van der Waals surface area contributed by atoms with Crippen LogP contribution in [-0.2, 0) is 0 Å². The number of anilines is 3. The Morgan fingerprint density at radius 3 is 2.37 bits per heavy atom. The summed E-state index contributed by atoms with van der Waals surface area (Å²) in [5, 5.41) is 13.4. The summed E-state index contributed by atoms with van der Waals surface area (Å²) in [7, 11) is 0. The highest BCUT2D eigenvalue weighted by Crippen LogP contribution is 2.31. The van der Waals surface area contributed by atoms with Crippen molar-refractivity contribution in [3.8, 4) is 0 Å². The van der Waals surface area contributed by atoms with Crippen molar-refractivity contribution in [3.05, 3.63) is 58.1 Å². The maximum absolute atomic E-state index is 13.4. The summed E-state index contributed by atoms with van der Waals surface area (Å²) in [5.74, 6) is -2.14. The van der Waals surface area contributed by atoms with E-state index in [1.54, 1.807) is 24.3 Å². The molecular formula is C12H9F2N3O2. The van der Waals surface area contributed by atoms with Crippen LogP contribution in [0.1, 0.15) is 0 Å². The lowest BCUT2D eigenvalue weighted by Gasteiger charge is -2.08. The summed E-state index contributed by atoms with van der Waals surface area (Å²) in [5.41, 5.74) is 5.36. The van der Waals surface area contributed by atoms with Crippen molar-refractivity contribution in [2.45, 2.75) is 0 Å². The van der Waals surface area contributed by atoms with Crippen molar-refractivity contribution in [1.82, 2.24) is 0 Å². The van der Waals surface area contributed by atoms with Crippen LogP contribution in [0, 0.1) is 21.7 Å². The Morgan fingerprint density at radius 2 is 1.79 bits per heavy atom. The summed E-state index contributed by atoms with van der Waals surface area (Å²) in [6.45, 7) is 0. The van der Waals surface area contributed by atoms with Gasteiger partial charge in [-0.3, -0.25) is 10.1 Å². The molecule has 0 aliphatic carbocycles. The molecule has 0 atom stereocenters. The Labute approximate surface area is 106 Å². The Morgan fingerprint density at radius 1 is 1.16 bits per heavy atom. The molecule has 0 unspecified atom stereocenters. The Balaban J connectivity index is 2.44. The molecule has 0 fully saturated rings. The third-order valence-corrected chi connectivity index (χ3v) is 2.40. The summed E-state index contributed by atoms with van der Waals surface area (Å²) in [4.78, 5) is 9.87. The molecule has 0 amide bonds. The minimum atomic E-state index is -1.23. The van der Waals surface area contributed by atoms with Crippen molar-refractivity contribution in [2.24, 2.45) is 0 Å². The molecule has 5 nitrogen and oxygen atoms in total. The molecule has 0 spiro atoms. The smallest absolute Gasteiger partial charge is 0.328 e. The molecule has 0 aliphatic heterocycles. The van der Waals surface area contributed by atoms with Gasteiger partial charge >= 0.3 is 5.69 Å². The van der Waals surface area contributed by atoms with E-state index in [1.807, 2.05) is 0 Å². The molecule has 0 saturated heterocycles. The fourth-order valence-corrected chi connectivity index (χ4v) is 1.57. The third-order valence-electron chi connectivity index (χ3n) is 2.40. The van der Waals surface area contributed by atoms with E-state index < -0.39 is 22.2 Å². The quantitative estimate of drug-likeness (QED) is 0.507. The number of nitro benzene ring substituents is 1. The molecular weight excluding hydrogens is 256 g/mol. The fourth-order valence-electron chi connectivity index (χ4n) is 1.57. The van der Waals surface area contributed by atoms with Crippen LogP contribution in [-0.4, -0.2) is 4.92 Å². The predicted octanol–water partition coefficient (Wildman–Crippen LogP) is 3.20. The highest BCUT2D eigenvalue weighted by molar-refractivity contribution is 5.70. The average molecular weight is 265 g/mol. The lowest BCUT2D eigenvalue weighted by atomic mass is 10.2. The summed E-state index contributed by atoms with van der Waals surface area (Å²) in [6, 6.07) is 7.53. The molecule has 2 aromatic rings. The van der Waals surface area contributed by atoms with E-state index in [1.165, 1.54) is 0 Å². The zero-order valence-electron chi connectivity index (χ0n) is 9.56. The molecule has 19 heavy (non-hydrogen) atoms. The van der Waals surface area contributed by atoms with Crippen LogP contribution in [0.4, 0.5) is 31.5 Å². The van der Waals surface area contributed by atoms with Crippen LogP contribution >= 0.6 is 0 Å². The second kappa shape index (κ2) is 4.89. The molecule has 0 saturated carbocycles. The minimum Gasteiger partial charge on any atom is -0.399 e. The zero-order chi connectivity index (χ0) is 14.0. The van der Waals surface area contributed by atoms with Crippen molar-refractivity contribution >= 4 is 22.7 Å². The average Bonchev–Trinajstić information content (AvgIpc) is 2.30. The van der Waals surface area contributed by atoms with Gasteiger partial charge in [0.15, 0.2) is 0 Å². The number of hydrogen-bond donors (Lipinski definition) is 2. The third kappa shape index (κ3) is 2.76. The number of hydrogen-bond acceptors (Lipinski definition) is 4. The SMILES string of the molecule is Nc1ccc(Nc2cc(F)cc(F)c2[N+](=O)[O-])cc1. The topological polar surface area (TPSA) is 81.2 Å². The van der Waals surface area contributed by atoms with Crippen molar-refractivity contribution in [1.29, 1.82) is 0 Å². The van der Waals surface area contributed by atoms with E-state index in [-0.39, 0.29) is 5.69 Å². The highest BCUT2D eigenvalue weighted by Gasteiger charge is 2.22. The van der Waals surface area contributed by atoms with Crippen molar-refractivity contribution in [2.75, 3.05) is 11.1 Å². The van der Waals surface area contributed by atoms with E-state index >= 15 is 0 Å². The normalized spacial score (nSPS) is 10.2. The molecule has 2 aromatic carbocycles. The summed E-state index contributed by atoms with van der Waals surface area (Å²) >= 11 is 0. The van der Waals surface area contributed by atoms with E-state index in [2.05, 4.69) is 5.32 Å². The van der Waals surface area contributed by atoms with E-state index in [0.717, 1.165) is 6.07 Å². The first kappa shape index (κ1) is 12.7. The standard InChI is InChI=1S/C12H9F2N3O2/c13-7-5-10(14)12(17(18)19)11(6-7)16-9-3-1-8(15)2-4-9/h1-6,16H,15H2. The molecule has 0 aromatic heterocycles. The molecule has 0 radical (unpaired) electrons. The second-order valence-electron chi connectivity index (χ2n) is 3.79. The number of nitrogens with one attached hydrogen (secondary N) is 1.